The van der Waals surface area contributed by atoms with Gasteiger partial charge in [0.25, 0.3) is 0 Å². The zero-order valence-corrected chi connectivity index (χ0v) is 11.9. The molecular formula is C14H14N4OS. The predicted molar refractivity (Wildman–Crippen MR) is 76.6 cm³/mol. The second-order valence-corrected chi connectivity index (χ2v) is 5.55. The molecule has 2 atom stereocenters. The van der Waals surface area contributed by atoms with Crippen molar-refractivity contribution in [1.82, 2.24) is 9.97 Å². The zero-order valence-electron chi connectivity index (χ0n) is 11.1. The second-order valence-electron chi connectivity index (χ2n) is 4.77. The van der Waals surface area contributed by atoms with Crippen LogP contribution in [0.5, 0.6) is 0 Å². The Hall–Kier alpha value is -1.97. The highest BCUT2D eigenvalue weighted by Gasteiger charge is 2.27. The molecule has 0 bridgehead atoms. The normalized spacial score (nSPS) is 22.5. The summed E-state index contributed by atoms with van der Waals surface area (Å²) in [7, 11) is 0. The number of nitriles is 1. The molecule has 1 aliphatic heterocycles. The number of anilines is 1. The van der Waals surface area contributed by atoms with Gasteiger partial charge in [0.15, 0.2) is 0 Å². The van der Waals surface area contributed by atoms with Crippen LogP contribution in [0.4, 0.5) is 5.82 Å². The summed E-state index contributed by atoms with van der Waals surface area (Å²) in [5.74, 6) is 0.784. The van der Waals surface area contributed by atoms with Crippen molar-refractivity contribution < 1.29 is 4.74 Å². The molecule has 0 saturated carbocycles. The van der Waals surface area contributed by atoms with Crippen LogP contribution in [0, 0.1) is 11.3 Å². The lowest BCUT2D eigenvalue weighted by atomic mass is 10.1. The van der Waals surface area contributed by atoms with Gasteiger partial charge in [-0.1, -0.05) is 0 Å². The number of nitrogens with zero attached hydrogens (tertiary/aromatic N) is 4. The number of hydrogen-bond acceptors (Lipinski definition) is 6. The van der Waals surface area contributed by atoms with E-state index in [1.54, 1.807) is 17.4 Å². The van der Waals surface area contributed by atoms with E-state index in [4.69, 9.17) is 10.00 Å². The van der Waals surface area contributed by atoms with Crippen LogP contribution in [0.15, 0.2) is 29.2 Å². The second kappa shape index (κ2) is 5.57. The van der Waals surface area contributed by atoms with Gasteiger partial charge in [-0.25, -0.2) is 9.97 Å². The van der Waals surface area contributed by atoms with Crippen LogP contribution in [0.25, 0.3) is 0 Å². The number of rotatable bonds is 2. The van der Waals surface area contributed by atoms with Gasteiger partial charge in [0.1, 0.15) is 30.0 Å². The van der Waals surface area contributed by atoms with Crippen LogP contribution in [-0.2, 0) is 4.74 Å². The quantitative estimate of drug-likeness (QED) is 0.848. The molecule has 3 rings (SSSR count). The molecule has 6 heteroatoms. The maximum Gasteiger partial charge on any atom is 0.145 e. The fourth-order valence-electron chi connectivity index (χ4n) is 2.36. The van der Waals surface area contributed by atoms with E-state index in [2.05, 4.69) is 38.6 Å². The van der Waals surface area contributed by atoms with E-state index in [0.29, 0.717) is 5.69 Å². The molecular weight excluding hydrogens is 272 g/mol. The molecule has 1 aliphatic rings. The number of morpholine rings is 1. The fourth-order valence-corrected chi connectivity index (χ4v) is 3.06. The van der Waals surface area contributed by atoms with Crippen LogP contribution >= 0.6 is 11.3 Å². The van der Waals surface area contributed by atoms with Gasteiger partial charge < -0.3 is 9.64 Å². The Kier molecular flexibility index (Phi) is 3.63. The van der Waals surface area contributed by atoms with Crippen LogP contribution in [0.1, 0.15) is 24.3 Å². The maximum absolute atomic E-state index is 8.93. The summed E-state index contributed by atoms with van der Waals surface area (Å²) in [6.45, 7) is 3.56. The Labute approximate surface area is 121 Å². The van der Waals surface area contributed by atoms with Crippen LogP contribution in [0.3, 0.4) is 0 Å². The minimum absolute atomic E-state index is 0.0468. The van der Waals surface area contributed by atoms with Crippen LogP contribution < -0.4 is 4.90 Å². The summed E-state index contributed by atoms with van der Waals surface area (Å²) in [5, 5.41) is 13.1. The molecule has 0 N–H and O–H groups in total. The highest BCUT2D eigenvalue weighted by Crippen LogP contribution is 2.28. The first-order valence-corrected chi connectivity index (χ1v) is 7.35. The summed E-state index contributed by atoms with van der Waals surface area (Å²) >= 11 is 1.67. The van der Waals surface area contributed by atoms with Crippen molar-refractivity contribution in [3.05, 3.63) is 40.5 Å². The van der Waals surface area contributed by atoms with E-state index in [1.807, 2.05) is 6.07 Å². The van der Waals surface area contributed by atoms with Crippen molar-refractivity contribution >= 4 is 17.2 Å². The lowest BCUT2D eigenvalue weighted by Crippen LogP contribution is -2.43. The Morgan fingerprint density at radius 3 is 3.10 bits per heavy atom. The molecule has 0 amide bonds. The molecule has 0 aromatic carbocycles. The van der Waals surface area contributed by atoms with E-state index < -0.39 is 0 Å². The number of aromatic nitrogens is 2. The number of ether oxygens (including phenoxy) is 1. The van der Waals surface area contributed by atoms with Gasteiger partial charge in [0, 0.05) is 19.2 Å². The molecule has 3 heterocycles. The molecule has 20 heavy (non-hydrogen) atoms. The van der Waals surface area contributed by atoms with Gasteiger partial charge in [-0.05, 0) is 29.3 Å². The van der Waals surface area contributed by atoms with Gasteiger partial charge >= 0.3 is 0 Å². The third-order valence-electron chi connectivity index (χ3n) is 3.27. The Bertz CT molecular complexity index is 622. The van der Waals surface area contributed by atoms with Crippen molar-refractivity contribution in [3.8, 4) is 6.07 Å². The Morgan fingerprint density at radius 2 is 2.35 bits per heavy atom. The monoisotopic (exact) mass is 286 g/mol. The van der Waals surface area contributed by atoms with E-state index >= 15 is 0 Å². The standard InChI is InChI=1S/C14H14N4OS/c1-10-6-18(14-4-12(5-15)16-9-17-14)7-13(19-10)11-2-3-20-8-11/h2-4,8-10,13H,6-7H2,1H3/t10-,13-/m0/s1. The molecule has 1 saturated heterocycles. The number of thiophene rings is 1. The summed E-state index contributed by atoms with van der Waals surface area (Å²) in [5.41, 5.74) is 1.59. The van der Waals surface area contributed by atoms with E-state index in [-0.39, 0.29) is 12.2 Å². The van der Waals surface area contributed by atoms with Gasteiger partial charge in [0.2, 0.25) is 0 Å². The summed E-state index contributed by atoms with van der Waals surface area (Å²) in [6, 6.07) is 5.86. The molecule has 0 aliphatic carbocycles. The smallest absolute Gasteiger partial charge is 0.145 e. The minimum Gasteiger partial charge on any atom is -0.367 e. The van der Waals surface area contributed by atoms with Gasteiger partial charge in [-0.2, -0.15) is 16.6 Å². The van der Waals surface area contributed by atoms with Crippen molar-refractivity contribution in [3.63, 3.8) is 0 Å². The zero-order chi connectivity index (χ0) is 13.9. The molecule has 0 unspecified atom stereocenters. The molecule has 2 aromatic heterocycles. The number of hydrogen-bond donors (Lipinski definition) is 0. The summed E-state index contributed by atoms with van der Waals surface area (Å²) in [6.07, 6.45) is 1.60. The first-order valence-electron chi connectivity index (χ1n) is 6.41. The highest BCUT2D eigenvalue weighted by atomic mass is 32.1. The molecule has 5 nitrogen and oxygen atoms in total. The molecule has 102 valence electrons. The molecule has 2 aromatic rings. The van der Waals surface area contributed by atoms with Crippen molar-refractivity contribution in [2.75, 3.05) is 18.0 Å². The third kappa shape index (κ3) is 2.64. The summed E-state index contributed by atoms with van der Waals surface area (Å²) < 4.78 is 6.00. The molecule has 0 spiro atoms. The van der Waals surface area contributed by atoms with Crippen LogP contribution in [-0.4, -0.2) is 29.2 Å². The average molecular weight is 286 g/mol. The molecule has 1 fully saturated rings. The van der Waals surface area contributed by atoms with Gasteiger partial charge in [-0.3, -0.25) is 0 Å². The topological polar surface area (TPSA) is 62.0 Å². The van der Waals surface area contributed by atoms with E-state index in [1.165, 1.54) is 11.9 Å². The predicted octanol–water partition coefficient (Wildman–Crippen LogP) is 2.38. The highest BCUT2D eigenvalue weighted by molar-refractivity contribution is 7.07. The first kappa shape index (κ1) is 13.0. The Morgan fingerprint density at radius 1 is 1.45 bits per heavy atom. The Balaban J connectivity index is 1.84. The fraction of sp³-hybridized carbons (Fsp3) is 0.357. The van der Waals surface area contributed by atoms with Crippen molar-refractivity contribution in [2.24, 2.45) is 0 Å². The summed E-state index contributed by atoms with van der Waals surface area (Å²) in [4.78, 5) is 10.3. The van der Waals surface area contributed by atoms with Gasteiger partial charge in [-0.15, -0.1) is 0 Å². The SMILES string of the molecule is C[C@H]1CN(c2cc(C#N)ncn2)C[C@@H](c2ccsc2)O1. The first-order chi connectivity index (χ1) is 9.76. The van der Waals surface area contributed by atoms with Crippen molar-refractivity contribution in [2.45, 2.75) is 19.1 Å². The lowest BCUT2D eigenvalue weighted by molar-refractivity contribution is -0.0174. The largest absolute Gasteiger partial charge is 0.367 e. The van der Waals surface area contributed by atoms with Crippen LogP contribution in [0.2, 0.25) is 0 Å². The maximum atomic E-state index is 8.93. The third-order valence-corrected chi connectivity index (χ3v) is 3.97. The molecule has 0 radical (unpaired) electrons. The van der Waals surface area contributed by atoms with E-state index in [0.717, 1.165) is 18.9 Å². The van der Waals surface area contributed by atoms with Gasteiger partial charge in [0.05, 0.1) is 6.10 Å². The average Bonchev–Trinajstić information content (AvgIpc) is 3.01. The van der Waals surface area contributed by atoms with E-state index in [9.17, 15) is 0 Å². The van der Waals surface area contributed by atoms with Crippen molar-refractivity contribution in [1.29, 1.82) is 5.26 Å². The lowest BCUT2D eigenvalue weighted by Gasteiger charge is -2.37. The minimum atomic E-state index is 0.0468.